The van der Waals surface area contributed by atoms with E-state index in [9.17, 15) is 9.59 Å². The van der Waals surface area contributed by atoms with E-state index in [0.29, 0.717) is 10.6 Å². The van der Waals surface area contributed by atoms with Gasteiger partial charge in [0.05, 0.1) is 12.7 Å². The van der Waals surface area contributed by atoms with E-state index in [0.717, 1.165) is 16.9 Å². The number of aryl methyl sites for hydroxylation is 1. The summed E-state index contributed by atoms with van der Waals surface area (Å²) in [6.45, 7) is 5.67. The molecule has 0 aliphatic heterocycles. The Hall–Kier alpha value is -1.40. The van der Waals surface area contributed by atoms with Crippen LogP contribution in [0.25, 0.3) is 0 Å². The Bertz CT molecular complexity index is 482. The maximum absolute atomic E-state index is 11.8. The van der Waals surface area contributed by atoms with Crippen LogP contribution in [0.15, 0.2) is 0 Å². The molecule has 0 aliphatic rings. The first-order valence-electron chi connectivity index (χ1n) is 6.14. The average Bonchev–Trinajstić information content (AvgIpc) is 2.63. The number of hydrogen-bond donors (Lipinski definition) is 2. The molecule has 5 nitrogen and oxygen atoms in total. The van der Waals surface area contributed by atoms with Gasteiger partial charge in [-0.3, -0.25) is 4.79 Å². The van der Waals surface area contributed by atoms with Crippen molar-refractivity contribution in [3.63, 3.8) is 0 Å². The molecule has 1 amide bonds. The minimum Gasteiger partial charge on any atom is -0.465 e. The lowest BCUT2D eigenvalue weighted by Gasteiger charge is -2.09. The van der Waals surface area contributed by atoms with Crippen molar-refractivity contribution in [2.45, 2.75) is 39.7 Å². The molecule has 0 saturated heterocycles. The first kappa shape index (κ1) is 15.7. The maximum atomic E-state index is 11.8. The van der Waals surface area contributed by atoms with Gasteiger partial charge in [-0.2, -0.15) is 0 Å². The fourth-order valence-electron chi connectivity index (χ4n) is 1.62. The van der Waals surface area contributed by atoms with Gasteiger partial charge in [0.25, 0.3) is 0 Å². The van der Waals surface area contributed by atoms with Crippen molar-refractivity contribution in [3.05, 3.63) is 16.0 Å². The van der Waals surface area contributed by atoms with E-state index >= 15 is 0 Å². The standard InChI is InChI=1S/C13H20N2O3S/c1-5-9(14)6-10(16)15-12-11(13(17)18-4)7(2)8(3)19-12/h9H,5-6,14H2,1-4H3,(H,15,16). The fourth-order valence-corrected chi connectivity index (χ4v) is 2.69. The van der Waals surface area contributed by atoms with Crippen LogP contribution in [0.3, 0.4) is 0 Å². The Morgan fingerprint density at radius 2 is 2.05 bits per heavy atom. The van der Waals surface area contributed by atoms with Gasteiger partial charge in [0.15, 0.2) is 0 Å². The van der Waals surface area contributed by atoms with Gasteiger partial charge >= 0.3 is 5.97 Å². The summed E-state index contributed by atoms with van der Waals surface area (Å²) in [5.74, 6) is -0.613. The largest absolute Gasteiger partial charge is 0.465 e. The van der Waals surface area contributed by atoms with Gasteiger partial charge in [-0.25, -0.2) is 4.79 Å². The van der Waals surface area contributed by atoms with Crippen LogP contribution in [0.4, 0.5) is 5.00 Å². The molecule has 0 aromatic carbocycles. The summed E-state index contributed by atoms with van der Waals surface area (Å²) < 4.78 is 4.75. The molecule has 1 rings (SSSR count). The van der Waals surface area contributed by atoms with Crippen LogP contribution in [0.1, 0.15) is 40.6 Å². The molecule has 0 saturated carbocycles. The number of thiophene rings is 1. The van der Waals surface area contributed by atoms with Crippen LogP contribution in [-0.4, -0.2) is 25.0 Å². The number of nitrogens with one attached hydrogen (secondary N) is 1. The summed E-state index contributed by atoms with van der Waals surface area (Å²) in [5, 5.41) is 3.29. The second-order valence-corrected chi connectivity index (χ2v) is 5.62. The van der Waals surface area contributed by atoms with Crippen molar-refractivity contribution in [1.29, 1.82) is 0 Å². The third-order valence-electron chi connectivity index (χ3n) is 3.00. The predicted octanol–water partition coefficient (Wildman–Crippen LogP) is 2.22. The van der Waals surface area contributed by atoms with E-state index in [1.165, 1.54) is 18.4 Å². The topological polar surface area (TPSA) is 81.4 Å². The van der Waals surface area contributed by atoms with Gasteiger partial charge < -0.3 is 15.8 Å². The van der Waals surface area contributed by atoms with Crippen LogP contribution in [0.5, 0.6) is 0 Å². The number of methoxy groups -OCH3 is 1. The number of carbonyl (C=O) groups excluding carboxylic acids is 2. The van der Waals surface area contributed by atoms with Crippen molar-refractivity contribution in [1.82, 2.24) is 0 Å². The van der Waals surface area contributed by atoms with Crippen molar-refractivity contribution >= 4 is 28.2 Å². The molecule has 1 heterocycles. The normalized spacial score (nSPS) is 12.1. The van der Waals surface area contributed by atoms with E-state index in [1.54, 1.807) is 0 Å². The number of rotatable bonds is 5. The lowest BCUT2D eigenvalue weighted by molar-refractivity contribution is -0.116. The van der Waals surface area contributed by atoms with Crippen LogP contribution < -0.4 is 11.1 Å². The number of hydrogen-bond acceptors (Lipinski definition) is 5. The molecule has 0 spiro atoms. The minimum atomic E-state index is -0.433. The monoisotopic (exact) mass is 284 g/mol. The molecule has 6 heteroatoms. The minimum absolute atomic E-state index is 0.163. The average molecular weight is 284 g/mol. The Morgan fingerprint density at radius 1 is 1.42 bits per heavy atom. The number of ether oxygens (including phenoxy) is 1. The summed E-state index contributed by atoms with van der Waals surface area (Å²) in [6, 6.07) is -0.163. The number of nitrogens with two attached hydrogens (primary N) is 1. The Labute approximate surface area is 117 Å². The fraction of sp³-hybridized carbons (Fsp3) is 0.538. The first-order chi connectivity index (χ1) is 8.90. The molecule has 0 bridgehead atoms. The second kappa shape index (κ2) is 6.68. The van der Waals surface area contributed by atoms with E-state index < -0.39 is 5.97 Å². The first-order valence-corrected chi connectivity index (χ1v) is 6.96. The van der Waals surface area contributed by atoms with Crippen LogP contribution in [-0.2, 0) is 9.53 Å². The summed E-state index contributed by atoms with van der Waals surface area (Å²) in [6.07, 6.45) is 0.979. The predicted molar refractivity (Wildman–Crippen MR) is 76.6 cm³/mol. The Kier molecular flexibility index (Phi) is 5.50. The molecule has 1 unspecified atom stereocenters. The summed E-state index contributed by atoms with van der Waals surface area (Å²) in [4.78, 5) is 24.5. The van der Waals surface area contributed by atoms with Crippen LogP contribution in [0.2, 0.25) is 0 Å². The van der Waals surface area contributed by atoms with Crippen molar-refractivity contribution in [3.8, 4) is 0 Å². The van der Waals surface area contributed by atoms with Gasteiger partial charge in [0.2, 0.25) is 5.91 Å². The van der Waals surface area contributed by atoms with Gasteiger partial charge in [-0.15, -0.1) is 11.3 Å². The lowest BCUT2D eigenvalue weighted by atomic mass is 10.1. The van der Waals surface area contributed by atoms with Crippen LogP contribution >= 0.6 is 11.3 Å². The third-order valence-corrected chi connectivity index (χ3v) is 4.12. The molecular formula is C13H20N2O3S. The van der Waals surface area contributed by atoms with Gasteiger partial charge in [0.1, 0.15) is 5.00 Å². The molecule has 1 aromatic heterocycles. The molecule has 0 radical (unpaired) electrons. The molecular weight excluding hydrogens is 264 g/mol. The molecule has 0 fully saturated rings. The quantitative estimate of drug-likeness (QED) is 0.812. The molecule has 1 atom stereocenters. The summed E-state index contributed by atoms with van der Waals surface area (Å²) >= 11 is 1.37. The SMILES string of the molecule is CCC(N)CC(=O)Nc1sc(C)c(C)c1C(=O)OC. The maximum Gasteiger partial charge on any atom is 0.341 e. The van der Waals surface area contributed by atoms with Crippen LogP contribution in [0, 0.1) is 13.8 Å². The summed E-state index contributed by atoms with van der Waals surface area (Å²) in [7, 11) is 1.33. The number of anilines is 1. The van der Waals surface area contributed by atoms with Crippen molar-refractivity contribution in [2.24, 2.45) is 5.73 Å². The molecule has 0 aliphatic carbocycles. The zero-order chi connectivity index (χ0) is 14.6. The number of amides is 1. The van der Waals surface area contributed by atoms with E-state index in [-0.39, 0.29) is 18.4 Å². The third kappa shape index (κ3) is 3.78. The molecule has 1 aromatic rings. The summed E-state index contributed by atoms with van der Waals surface area (Å²) in [5.41, 5.74) is 7.01. The van der Waals surface area contributed by atoms with Gasteiger partial charge in [0, 0.05) is 17.3 Å². The highest BCUT2D eigenvalue weighted by Gasteiger charge is 2.21. The van der Waals surface area contributed by atoms with E-state index in [4.69, 9.17) is 10.5 Å². The number of esters is 1. The second-order valence-electron chi connectivity index (χ2n) is 4.40. The van der Waals surface area contributed by atoms with E-state index in [1.807, 2.05) is 20.8 Å². The highest BCUT2D eigenvalue weighted by Crippen LogP contribution is 2.33. The Morgan fingerprint density at radius 3 is 2.58 bits per heavy atom. The highest BCUT2D eigenvalue weighted by atomic mass is 32.1. The molecule has 106 valence electrons. The van der Waals surface area contributed by atoms with Crippen molar-refractivity contribution in [2.75, 3.05) is 12.4 Å². The zero-order valence-corrected chi connectivity index (χ0v) is 12.5. The molecule has 19 heavy (non-hydrogen) atoms. The zero-order valence-electron chi connectivity index (χ0n) is 11.7. The Balaban J connectivity index is 2.92. The lowest BCUT2D eigenvalue weighted by Crippen LogP contribution is -2.26. The van der Waals surface area contributed by atoms with E-state index in [2.05, 4.69) is 5.32 Å². The smallest absolute Gasteiger partial charge is 0.341 e. The van der Waals surface area contributed by atoms with Gasteiger partial charge in [-0.1, -0.05) is 6.92 Å². The van der Waals surface area contributed by atoms with Crippen molar-refractivity contribution < 1.29 is 14.3 Å². The van der Waals surface area contributed by atoms with Gasteiger partial charge in [-0.05, 0) is 25.8 Å². The molecule has 3 N–H and O–H groups in total. The number of carbonyl (C=O) groups is 2. The highest BCUT2D eigenvalue weighted by molar-refractivity contribution is 7.16.